The highest BCUT2D eigenvalue weighted by Crippen LogP contribution is 2.10. The molecule has 0 aliphatic rings. The normalized spacial score (nSPS) is 11.9. The van der Waals surface area contributed by atoms with Gasteiger partial charge in [0.2, 0.25) is 5.78 Å². The molecular weight excluding hydrogens is 286 g/mol. The van der Waals surface area contributed by atoms with Gasteiger partial charge in [-0.15, -0.1) is 0 Å². The summed E-state index contributed by atoms with van der Waals surface area (Å²) in [7, 11) is 0. The van der Waals surface area contributed by atoms with E-state index in [1.54, 1.807) is 31.2 Å². The van der Waals surface area contributed by atoms with E-state index in [1.807, 2.05) is 0 Å². The fourth-order valence-corrected chi connectivity index (χ4v) is 1.41. The van der Waals surface area contributed by atoms with E-state index in [1.165, 1.54) is 0 Å². The van der Waals surface area contributed by atoms with Gasteiger partial charge in [0.15, 0.2) is 0 Å². The number of ketones is 1. The Morgan fingerprint density at radius 3 is 2.47 bits per heavy atom. The van der Waals surface area contributed by atoms with Gasteiger partial charge >= 0.3 is 0 Å². The maximum Gasteiger partial charge on any atom is 0.292 e. The standard InChI is InChI=1S/C12H14BrNO3/c1-8(7-15)6-14-12(17)11(16)9-2-4-10(13)5-3-9/h2-5,8,15H,6-7H2,1H3,(H,14,17). The van der Waals surface area contributed by atoms with Crippen molar-refractivity contribution in [3.8, 4) is 0 Å². The molecule has 0 saturated carbocycles. The molecule has 0 aliphatic heterocycles. The number of nitrogens with one attached hydrogen (secondary N) is 1. The molecule has 0 fully saturated rings. The van der Waals surface area contributed by atoms with Crippen LogP contribution in [0.4, 0.5) is 0 Å². The van der Waals surface area contributed by atoms with Crippen molar-refractivity contribution in [3.05, 3.63) is 34.3 Å². The maximum atomic E-state index is 11.7. The summed E-state index contributed by atoms with van der Waals surface area (Å²) in [5, 5.41) is 11.3. The third kappa shape index (κ3) is 4.28. The average Bonchev–Trinajstić information content (AvgIpc) is 2.35. The Labute approximate surface area is 108 Å². The van der Waals surface area contributed by atoms with Crippen LogP contribution in [-0.4, -0.2) is 29.9 Å². The van der Waals surface area contributed by atoms with Crippen LogP contribution in [0.1, 0.15) is 17.3 Å². The first-order valence-electron chi connectivity index (χ1n) is 5.23. The average molecular weight is 300 g/mol. The van der Waals surface area contributed by atoms with Crippen LogP contribution in [0, 0.1) is 5.92 Å². The lowest BCUT2D eigenvalue weighted by Gasteiger charge is -2.08. The number of hydrogen-bond donors (Lipinski definition) is 2. The van der Waals surface area contributed by atoms with Gasteiger partial charge in [-0.1, -0.05) is 22.9 Å². The van der Waals surface area contributed by atoms with Crippen molar-refractivity contribution in [2.24, 2.45) is 5.92 Å². The molecule has 17 heavy (non-hydrogen) atoms. The Bertz CT molecular complexity index is 403. The van der Waals surface area contributed by atoms with Crippen LogP contribution in [0.25, 0.3) is 0 Å². The van der Waals surface area contributed by atoms with Gasteiger partial charge in [-0.2, -0.15) is 0 Å². The van der Waals surface area contributed by atoms with E-state index in [4.69, 9.17) is 5.11 Å². The second-order valence-electron chi connectivity index (χ2n) is 3.83. The predicted octanol–water partition coefficient (Wildman–Crippen LogP) is 1.38. The van der Waals surface area contributed by atoms with Crippen LogP contribution in [0.2, 0.25) is 0 Å². The van der Waals surface area contributed by atoms with Crippen LogP contribution in [-0.2, 0) is 4.79 Å². The van der Waals surface area contributed by atoms with Gasteiger partial charge in [0, 0.05) is 23.2 Å². The number of hydrogen-bond acceptors (Lipinski definition) is 3. The molecule has 2 N–H and O–H groups in total. The zero-order valence-electron chi connectivity index (χ0n) is 9.44. The van der Waals surface area contributed by atoms with Gasteiger partial charge < -0.3 is 10.4 Å². The number of carbonyl (C=O) groups is 2. The van der Waals surface area contributed by atoms with E-state index >= 15 is 0 Å². The van der Waals surface area contributed by atoms with Crippen molar-refractivity contribution < 1.29 is 14.7 Å². The smallest absolute Gasteiger partial charge is 0.292 e. The number of carbonyl (C=O) groups excluding carboxylic acids is 2. The molecule has 0 bridgehead atoms. The maximum absolute atomic E-state index is 11.7. The fraction of sp³-hybridized carbons (Fsp3) is 0.333. The molecule has 1 aromatic rings. The van der Waals surface area contributed by atoms with Crippen molar-refractivity contribution in [2.45, 2.75) is 6.92 Å². The molecule has 1 rings (SSSR count). The summed E-state index contributed by atoms with van der Waals surface area (Å²) in [6, 6.07) is 6.58. The number of Topliss-reactive ketones (excluding diaryl/α,β-unsaturated/α-hetero) is 1. The van der Waals surface area contributed by atoms with Gasteiger partial charge in [0.1, 0.15) is 0 Å². The quantitative estimate of drug-likeness (QED) is 0.637. The predicted molar refractivity (Wildman–Crippen MR) is 67.7 cm³/mol. The highest BCUT2D eigenvalue weighted by Gasteiger charge is 2.16. The number of amides is 1. The summed E-state index contributed by atoms with van der Waals surface area (Å²) in [6.07, 6.45) is 0. The number of rotatable bonds is 5. The Hall–Kier alpha value is -1.20. The van der Waals surface area contributed by atoms with Crippen molar-refractivity contribution in [1.82, 2.24) is 5.32 Å². The van der Waals surface area contributed by atoms with Gasteiger partial charge in [0.25, 0.3) is 5.91 Å². The number of halogens is 1. The Morgan fingerprint density at radius 1 is 1.35 bits per heavy atom. The Morgan fingerprint density at radius 2 is 1.94 bits per heavy atom. The number of benzene rings is 1. The van der Waals surface area contributed by atoms with Crippen molar-refractivity contribution in [3.63, 3.8) is 0 Å². The zero-order valence-corrected chi connectivity index (χ0v) is 11.0. The molecule has 0 radical (unpaired) electrons. The molecule has 0 aliphatic carbocycles. The molecule has 1 atom stereocenters. The van der Waals surface area contributed by atoms with E-state index in [0.717, 1.165) is 4.47 Å². The second kappa shape index (κ2) is 6.51. The molecule has 1 unspecified atom stereocenters. The molecule has 0 spiro atoms. The highest BCUT2D eigenvalue weighted by atomic mass is 79.9. The van der Waals surface area contributed by atoms with Gasteiger partial charge in [-0.25, -0.2) is 0 Å². The van der Waals surface area contributed by atoms with Crippen molar-refractivity contribution >= 4 is 27.6 Å². The van der Waals surface area contributed by atoms with Crippen LogP contribution in [0.5, 0.6) is 0 Å². The van der Waals surface area contributed by atoms with Gasteiger partial charge in [-0.05, 0) is 30.2 Å². The number of aliphatic hydroxyl groups is 1. The minimum Gasteiger partial charge on any atom is -0.396 e. The van der Waals surface area contributed by atoms with Crippen LogP contribution in [0.3, 0.4) is 0 Å². The Balaban J connectivity index is 2.58. The third-order valence-electron chi connectivity index (χ3n) is 2.24. The van der Waals surface area contributed by atoms with Crippen LogP contribution >= 0.6 is 15.9 Å². The summed E-state index contributed by atoms with van der Waals surface area (Å²) in [6.45, 7) is 2.05. The molecule has 0 saturated heterocycles. The van der Waals surface area contributed by atoms with Gasteiger partial charge in [0.05, 0.1) is 0 Å². The molecular formula is C12H14BrNO3. The minimum atomic E-state index is -0.646. The lowest BCUT2D eigenvalue weighted by molar-refractivity contribution is -0.117. The first-order valence-corrected chi connectivity index (χ1v) is 6.03. The zero-order chi connectivity index (χ0) is 12.8. The molecule has 1 aromatic carbocycles. The van der Waals surface area contributed by atoms with Crippen molar-refractivity contribution in [1.29, 1.82) is 0 Å². The van der Waals surface area contributed by atoms with E-state index in [2.05, 4.69) is 21.2 Å². The third-order valence-corrected chi connectivity index (χ3v) is 2.76. The van der Waals surface area contributed by atoms with Crippen molar-refractivity contribution in [2.75, 3.05) is 13.2 Å². The molecule has 4 nitrogen and oxygen atoms in total. The van der Waals surface area contributed by atoms with E-state index in [9.17, 15) is 9.59 Å². The monoisotopic (exact) mass is 299 g/mol. The minimum absolute atomic E-state index is 0.0211. The largest absolute Gasteiger partial charge is 0.396 e. The second-order valence-corrected chi connectivity index (χ2v) is 4.75. The summed E-state index contributed by atoms with van der Waals surface area (Å²) < 4.78 is 0.850. The first-order chi connectivity index (χ1) is 8.04. The molecule has 1 amide bonds. The highest BCUT2D eigenvalue weighted by molar-refractivity contribution is 9.10. The molecule has 92 valence electrons. The first kappa shape index (κ1) is 13.9. The lowest BCUT2D eigenvalue weighted by Crippen LogP contribution is -2.34. The fourth-order valence-electron chi connectivity index (χ4n) is 1.14. The van der Waals surface area contributed by atoms with Crippen LogP contribution < -0.4 is 5.32 Å². The topological polar surface area (TPSA) is 66.4 Å². The van der Waals surface area contributed by atoms with Crippen LogP contribution in [0.15, 0.2) is 28.7 Å². The van der Waals surface area contributed by atoms with E-state index < -0.39 is 11.7 Å². The lowest BCUT2D eigenvalue weighted by atomic mass is 10.1. The summed E-state index contributed by atoms with van der Waals surface area (Å²) >= 11 is 3.25. The Kier molecular flexibility index (Phi) is 5.31. The molecule has 0 aromatic heterocycles. The van der Waals surface area contributed by atoms with E-state index in [-0.39, 0.29) is 19.1 Å². The summed E-state index contributed by atoms with van der Waals surface area (Å²) in [5.74, 6) is -1.27. The van der Waals surface area contributed by atoms with Gasteiger partial charge in [-0.3, -0.25) is 9.59 Å². The SMILES string of the molecule is CC(CO)CNC(=O)C(=O)c1ccc(Br)cc1. The molecule has 5 heteroatoms. The molecule has 0 heterocycles. The number of aliphatic hydroxyl groups excluding tert-OH is 1. The summed E-state index contributed by atoms with van der Waals surface area (Å²) in [5.41, 5.74) is 0.349. The summed E-state index contributed by atoms with van der Waals surface area (Å²) in [4.78, 5) is 23.2. The van der Waals surface area contributed by atoms with E-state index in [0.29, 0.717) is 5.56 Å².